The lowest BCUT2D eigenvalue weighted by Crippen LogP contribution is -2.29. The third-order valence-electron chi connectivity index (χ3n) is 6.78. The SMILES string of the molecule is Cc1nnc(N2C(=O)C(=O)C(=C(O)c3ccc4c(c3)C[C@@H](C)O4)[C@H]2c2ccc(OCc3ccccc3)cc2)s1. The molecule has 3 aromatic carbocycles. The number of amides is 1. The van der Waals surface area contributed by atoms with Gasteiger partial charge in [-0.2, -0.15) is 0 Å². The van der Waals surface area contributed by atoms with Crippen molar-refractivity contribution in [2.75, 3.05) is 4.90 Å². The fourth-order valence-electron chi connectivity index (χ4n) is 4.94. The molecule has 2 aliphatic rings. The van der Waals surface area contributed by atoms with E-state index in [9.17, 15) is 14.7 Å². The van der Waals surface area contributed by atoms with Gasteiger partial charge in [0.2, 0.25) is 5.13 Å². The number of aliphatic hydroxyl groups is 1. The normalized spacial score (nSPS) is 19.7. The number of Topliss-reactive ketones (excluding diaryl/α,β-unsaturated/α-hetero) is 1. The van der Waals surface area contributed by atoms with Crippen LogP contribution in [0.4, 0.5) is 5.13 Å². The minimum Gasteiger partial charge on any atom is -0.507 e. The summed E-state index contributed by atoms with van der Waals surface area (Å²) in [5.41, 5.74) is 3.06. The molecule has 0 unspecified atom stereocenters. The number of fused-ring (bicyclic) bond motifs is 1. The first-order chi connectivity index (χ1) is 18.9. The Morgan fingerprint density at radius 1 is 1.08 bits per heavy atom. The Bertz CT molecular complexity index is 1600. The molecular formula is C30H25N3O5S. The fraction of sp³-hybridized carbons (Fsp3) is 0.200. The first-order valence-electron chi connectivity index (χ1n) is 12.6. The van der Waals surface area contributed by atoms with E-state index in [0.29, 0.717) is 40.0 Å². The minimum atomic E-state index is -0.885. The van der Waals surface area contributed by atoms with Crippen LogP contribution >= 0.6 is 11.3 Å². The summed E-state index contributed by atoms with van der Waals surface area (Å²) in [6, 6.07) is 21.4. The average molecular weight is 540 g/mol. The average Bonchev–Trinajstić information content (AvgIpc) is 3.62. The number of anilines is 1. The molecule has 4 aromatic rings. The van der Waals surface area contributed by atoms with Gasteiger partial charge >= 0.3 is 5.91 Å². The summed E-state index contributed by atoms with van der Waals surface area (Å²) >= 11 is 1.21. The topological polar surface area (TPSA) is 102 Å². The highest BCUT2D eigenvalue weighted by molar-refractivity contribution is 7.15. The van der Waals surface area contributed by atoms with Gasteiger partial charge < -0.3 is 14.6 Å². The molecule has 1 N–H and O–H groups in total. The Kier molecular flexibility index (Phi) is 6.36. The highest BCUT2D eigenvalue weighted by Gasteiger charge is 2.48. The third kappa shape index (κ3) is 4.66. The number of benzene rings is 3. The van der Waals surface area contributed by atoms with Gasteiger partial charge in [-0.25, -0.2) is 0 Å². The van der Waals surface area contributed by atoms with E-state index >= 15 is 0 Å². The van der Waals surface area contributed by atoms with Gasteiger partial charge in [-0.3, -0.25) is 14.5 Å². The van der Waals surface area contributed by atoms with Crippen LogP contribution in [0.2, 0.25) is 0 Å². The summed E-state index contributed by atoms with van der Waals surface area (Å²) in [6.45, 7) is 4.16. The van der Waals surface area contributed by atoms with E-state index in [1.54, 1.807) is 43.3 Å². The van der Waals surface area contributed by atoms with Crippen LogP contribution in [0.1, 0.15) is 40.2 Å². The summed E-state index contributed by atoms with van der Waals surface area (Å²) in [4.78, 5) is 28.0. The number of carbonyl (C=O) groups is 2. The molecule has 0 saturated carbocycles. The maximum absolute atomic E-state index is 13.4. The van der Waals surface area contributed by atoms with Crippen molar-refractivity contribution in [3.05, 3.63) is 106 Å². The first-order valence-corrected chi connectivity index (χ1v) is 13.4. The molecule has 2 aliphatic heterocycles. The summed E-state index contributed by atoms with van der Waals surface area (Å²) in [7, 11) is 0. The number of aromatic nitrogens is 2. The molecule has 0 spiro atoms. The predicted molar refractivity (Wildman–Crippen MR) is 147 cm³/mol. The fourth-order valence-corrected chi connectivity index (χ4v) is 5.65. The minimum absolute atomic E-state index is 0.00211. The van der Waals surface area contributed by atoms with E-state index in [0.717, 1.165) is 16.9 Å². The largest absolute Gasteiger partial charge is 0.507 e. The van der Waals surface area contributed by atoms with E-state index in [-0.39, 0.29) is 17.4 Å². The number of aliphatic hydroxyl groups excluding tert-OH is 1. The summed E-state index contributed by atoms with van der Waals surface area (Å²) in [5.74, 6) is -0.389. The van der Waals surface area contributed by atoms with Crippen molar-refractivity contribution in [2.45, 2.75) is 39.0 Å². The zero-order valence-corrected chi connectivity index (χ0v) is 22.1. The Balaban J connectivity index is 1.39. The number of hydrogen-bond acceptors (Lipinski definition) is 8. The van der Waals surface area contributed by atoms with Gasteiger partial charge in [0.1, 0.15) is 35.0 Å². The summed E-state index contributed by atoms with van der Waals surface area (Å²) in [5, 5.41) is 20.6. The second kappa shape index (κ2) is 9.99. The van der Waals surface area contributed by atoms with Crippen molar-refractivity contribution in [3.8, 4) is 11.5 Å². The van der Waals surface area contributed by atoms with Crippen molar-refractivity contribution in [1.29, 1.82) is 0 Å². The van der Waals surface area contributed by atoms with Crippen LogP contribution in [-0.2, 0) is 22.6 Å². The lowest BCUT2D eigenvalue weighted by molar-refractivity contribution is -0.132. The Morgan fingerprint density at radius 3 is 2.56 bits per heavy atom. The molecule has 39 heavy (non-hydrogen) atoms. The number of hydrogen-bond donors (Lipinski definition) is 1. The molecule has 2 atom stereocenters. The number of rotatable bonds is 6. The van der Waals surface area contributed by atoms with Crippen LogP contribution in [0.3, 0.4) is 0 Å². The van der Waals surface area contributed by atoms with Gasteiger partial charge in [0.25, 0.3) is 5.78 Å². The van der Waals surface area contributed by atoms with Crippen molar-refractivity contribution in [2.24, 2.45) is 0 Å². The van der Waals surface area contributed by atoms with E-state index in [4.69, 9.17) is 9.47 Å². The summed E-state index contributed by atoms with van der Waals surface area (Å²) in [6.07, 6.45) is 0.731. The van der Waals surface area contributed by atoms with Gasteiger partial charge in [0.15, 0.2) is 0 Å². The Hall–Kier alpha value is -4.50. The Labute approximate surface area is 229 Å². The lowest BCUT2D eigenvalue weighted by Gasteiger charge is -2.22. The zero-order valence-electron chi connectivity index (χ0n) is 21.3. The number of aryl methyl sites for hydroxylation is 1. The molecular weight excluding hydrogens is 514 g/mol. The van der Waals surface area contributed by atoms with Crippen LogP contribution in [0, 0.1) is 6.92 Å². The van der Waals surface area contributed by atoms with Crippen molar-refractivity contribution < 1.29 is 24.2 Å². The van der Waals surface area contributed by atoms with Crippen molar-refractivity contribution in [3.63, 3.8) is 0 Å². The van der Waals surface area contributed by atoms with Crippen LogP contribution in [0.25, 0.3) is 5.76 Å². The Morgan fingerprint density at radius 2 is 1.85 bits per heavy atom. The number of ether oxygens (including phenoxy) is 2. The van der Waals surface area contributed by atoms with E-state index in [1.807, 2.05) is 43.3 Å². The van der Waals surface area contributed by atoms with Crippen molar-refractivity contribution in [1.82, 2.24) is 10.2 Å². The van der Waals surface area contributed by atoms with E-state index < -0.39 is 17.7 Å². The molecule has 3 heterocycles. The van der Waals surface area contributed by atoms with Gasteiger partial charge in [-0.05, 0) is 60.9 Å². The van der Waals surface area contributed by atoms with E-state index in [1.165, 1.54) is 16.2 Å². The van der Waals surface area contributed by atoms with Crippen LogP contribution < -0.4 is 14.4 Å². The lowest BCUT2D eigenvalue weighted by atomic mass is 9.94. The molecule has 1 fully saturated rings. The van der Waals surface area contributed by atoms with Crippen LogP contribution in [0.5, 0.6) is 11.5 Å². The van der Waals surface area contributed by atoms with Crippen LogP contribution in [-0.4, -0.2) is 33.1 Å². The molecule has 196 valence electrons. The molecule has 1 amide bonds. The molecule has 0 radical (unpaired) electrons. The van der Waals surface area contributed by atoms with Crippen molar-refractivity contribution >= 4 is 33.9 Å². The van der Waals surface area contributed by atoms with Gasteiger partial charge in [-0.15, -0.1) is 10.2 Å². The smallest absolute Gasteiger partial charge is 0.301 e. The molecule has 0 bridgehead atoms. The third-order valence-corrected chi connectivity index (χ3v) is 7.62. The molecule has 8 nitrogen and oxygen atoms in total. The molecule has 6 rings (SSSR count). The van der Waals surface area contributed by atoms with Gasteiger partial charge in [0.05, 0.1) is 11.6 Å². The molecule has 0 aliphatic carbocycles. The first kappa shape index (κ1) is 24.8. The quantitative estimate of drug-likeness (QED) is 0.200. The van der Waals surface area contributed by atoms with E-state index in [2.05, 4.69) is 10.2 Å². The predicted octanol–water partition coefficient (Wildman–Crippen LogP) is 5.38. The molecule has 9 heteroatoms. The standard InChI is InChI=1S/C30H25N3O5S/c1-17-14-22-15-21(10-13-24(22)38-17)27(34)25-26(33(29(36)28(25)35)30-32-31-18(2)39-30)20-8-11-23(12-9-20)37-16-19-6-4-3-5-7-19/h3-13,15,17,26,34H,14,16H2,1-2H3/t17-,26-/m1/s1. The highest BCUT2D eigenvalue weighted by Crippen LogP contribution is 2.44. The zero-order chi connectivity index (χ0) is 27.1. The number of ketones is 1. The second-order valence-corrected chi connectivity index (χ2v) is 10.7. The maximum Gasteiger partial charge on any atom is 0.301 e. The highest BCUT2D eigenvalue weighted by atomic mass is 32.1. The molecule has 1 saturated heterocycles. The summed E-state index contributed by atoms with van der Waals surface area (Å²) < 4.78 is 11.7. The monoisotopic (exact) mass is 539 g/mol. The number of nitrogens with zero attached hydrogens (tertiary/aromatic N) is 3. The second-order valence-electron chi connectivity index (χ2n) is 9.57. The van der Waals surface area contributed by atoms with Crippen LogP contribution in [0.15, 0.2) is 78.4 Å². The van der Waals surface area contributed by atoms with Gasteiger partial charge in [-0.1, -0.05) is 53.8 Å². The number of carbonyl (C=O) groups excluding carboxylic acids is 2. The molecule has 1 aromatic heterocycles. The van der Waals surface area contributed by atoms with Gasteiger partial charge in [0, 0.05) is 12.0 Å². The maximum atomic E-state index is 13.4.